The minimum Gasteiger partial charge on any atom is -0.315 e. The zero-order valence-electron chi connectivity index (χ0n) is 9.02. The summed E-state index contributed by atoms with van der Waals surface area (Å²) < 4.78 is 13.0. The van der Waals surface area contributed by atoms with E-state index in [1.807, 2.05) is 6.07 Å². The Hall–Kier alpha value is -0.930. The zero-order chi connectivity index (χ0) is 10.7. The molecule has 0 saturated carbocycles. The van der Waals surface area contributed by atoms with Gasteiger partial charge in [-0.25, -0.2) is 4.39 Å². The average molecular weight is 208 g/mol. The van der Waals surface area contributed by atoms with Crippen LogP contribution in [0.1, 0.15) is 24.1 Å². The molecule has 1 aromatic carbocycles. The highest BCUT2D eigenvalue weighted by molar-refractivity contribution is 5.33. The maximum Gasteiger partial charge on any atom is 0.123 e. The third-order valence-corrected chi connectivity index (χ3v) is 2.86. The van der Waals surface area contributed by atoms with Gasteiger partial charge >= 0.3 is 0 Å². The number of hydrogen-bond acceptors (Lipinski definition) is 2. The molecular weight excluding hydrogens is 191 g/mol. The Morgan fingerprint density at radius 3 is 3.20 bits per heavy atom. The van der Waals surface area contributed by atoms with Crippen LogP contribution in [0.25, 0.3) is 0 Å². The number of rotatable bonds is 3. The van der Waals surface area contributed by atoms with Gasteiger partial charge in [-0.2, -0.15) is 0 Å². The van der Waals surface area contributed by atoms with Crippen LogP contribution in [-0.4, -0.2) is 19.6 Å². The van der Waals surface area contributed by atoms with Gasteiger partial charge in [-0.1, -0.05) is 13.0 Å². The molecule has 2 rings (SSSR count). The Kier molecular flexibility index (Phi) is 3.34. The molecule has 0 amide bonds. The van der Waals surface area contributed by atoms with Crippen molar-refractivity contribution in [3.8, 4) is 0 Å². The SMILES string of the molecule is CCNCC1NCCc2cc(F)ccc21. The second-order valence-corrected chi connectivity index (χ2v) is 3.91. The highest BCUT2D eigenvalue weighted by Crippen LogP contribution is 2.22. The highest BCUT2D eigenvalue weighted by Gasteiger charge is 2.18. The van der Waals surface area contributed by atoms with E-state index in [2.05, 4.69) is 17.6 Å². The van der Waals surface area contributed by atoms with Gasteiger partial charge < -0.3 is 10.6 Å². The fraction of sp³-hybridized carbons (Fsp3) is 0.500. The van der Waals surface area contributed by atoms with Gasteiger partial charge in [-0.3, -0.25) is 0 Å². The maximum absolute atomic E-state index is 13.0. The van der Waals surface area contributed by atoms with Crippen molar-refractivity contribution in [1.29, 1.82) is 0 Å². The van der Waals surface area contributed by atoms with E-state index in [1.165, 1.54) is 5.56 Å². The molecule has 0 radical (unpaired) electrons. The van der Waals surface area contributed by atoms with Crippen LogP contribution in [0.5, 0.6) is 0 Å². The summed E-state index contributed by atoms with van der Waals surface area (Å²) >= 11 is 0. The molecule has 0 aliphatic carbocycles. The van der Waals surface area contributed by atoms with Gasteiger partial charge in [0.05, 0.1) is 0 Å². The van der Waals surface area contributed by atoms with E-state index >= 15 is 0 Å². The van der Waals surface area contributed by atoms with E-state index in [0.29, 0.717) is 6.04 Å². The van der Waals surface area contributed by atoms with Crippen molar-refractivity contribution in [2.75, 3.05) is 19.6 Å². The molecule has 0 spiro atoms. The molecule has 3 heteroatoms. The van der Waals surface area contributed by atoms with Crippen LogP contribution in [-0.2, 0) is 6.42 Å². The number of likely N-dealkylation sites (N-methyl/N-ethyl adjacent to an activating group) is 1. The third-order valence-electron chi connectivity index (χ3n) is 2.86. The van der Waals surface area contributed by atoms with Gasteiger partial charge in [0.15, 0.2) is 0 Å². The monoisotopic (exact) mass is 208 g/mol. The quantitative estimate of drug-likeness (QED) is 0.788. The summed E-state index contributed by atoms with van der Waals surface area (Å²) in [5.74, 6) is -0.127. The highest BCUT2D eigenvalue weighted by atomic mass is 19.1. The van der Waals surface area contributed by atoms with Gasteiger partial charge in [0.25, 0.3) is 0 Å². The Balaban J connectivity index is 2.18. The van der Waals surface area contributed by atoms with Gasteiger partial charge in [0, 0.05) is 12.6 Å². The molecule has 1 aliphatic rings. The Morgan fingerprint density at radius 2 is 2.40 bits per heavy atom. The smallest absolute Gasteiger partial charge is 0.123 e. The van der Waals surface area contributed by atoms with Crippen molar-refractivity contribution in [1.82, 2.24) is 10.6 Å². The van der Waals surface area contributed by atoms with E-state index in [0.717, 1.165) is 31.6 Å². The number of nitrogens with one attached hydrogen (secondary N) is 2. The first-order valence-electron chi connectivity index (χ1n) is 5.53. The number of fused-ring (bicyclic) bond motifs is 1. The van der Waals surface area contributed by atoms with Crippen molar-refractivity contribution in [3.63, 3.8) is 0 Å². The van der Waals surface area contributed by atoms with E-state index in [-0.39, 0.29) is 5.82 Å². The van der Waals surface area contributed by atoms with Gasteiger partial charge in [0.1, 0.15) is 5.82 Å². The molecule has 0 fully saturated rings. The molecule has 0 saturated heterocycles. The fourth-order valence-electron chi connectivity index (χ4n) is 2.09. The second kappa shape index (κ2) is 4.73. The van der Waals surface area contributed by atoms with Crippen LogP contribution >= 0.6 is 0 Å². The van der Waals surface area contributed by atoms with Crippen LogP contribution in [0, 0.1) is 5.82 Å². The second-order valence-electron chi connectivity index (χ2n) is 3.91. The van der Waals surface area contributed by atoms with Crippen molar-refractivity contribution in [2.45, 2.75) is 19.4 Å². The molecule has 2 nitrogen and oxygen atoms in total. The Labute approximate surface area is 89.9 Å². The topological polar surface area (TPSA) is 24.1 Å². The van der Waals surface area contributed by atoms with Crippen LogP contribution in [0.4, 0.5) is 4.39 Å². The molecule has 1 aromatic rings. The normalized spacial score (nSPS) is 20.0. The van der Waals surface area contributed by atoms with Crippen molar-refractivity contribution in [3.05, 3.63) is 35.1 Å². The summed E-state index contributed by atoms with van der Waals surface area (Å²) in [7, 11) is 0. The third kappa shape index (κ3) is 2.36. The van der Waals surface area contributed by atoms with Crippen molar-refractivity contribution >= 4 is 0 Å². The predicted molar refractivity (Wildman–Crippen MR) is 59.4 cm³/mol. The summed E-state index contributed by atoms with van der Waals surface area (Å²) in [4.78, 5) is 0. The van der Waals surface area contributed by atoms with Crippen LogP contribution in [0.2, 0.25) is 0 Å². The molecule has 82 valence electrons. The first-order chi connectivity index (χ1) is 7.31. The van der Waals surface area contributed by atoms with E-state index in [9.17, 15) is 4.39 Å². The number of hydrogen-bond donors (Lipinski definition) is 2. The molecular formula is C12H17FN2. The summed E-state index contributed by atoms with van der Waals surface area (Å²) in [5.41, 5.74) is 2.39. The van der Waals surface area contributed by atoms with Crippen LogP contribution in [0.15, 0.2) is 18.2 Å². The standard InChI is InChI=1S/C12H17FN2/c1-2-14-8-12-11-4-3-10(13)7-9(11)5-6-15-12/h3-4,7,12,14-15H,2,5-6,8H2,1H3. The van der Waals surface area contributed by atoms with Crippen LogP contribution < -0.4 is 10.6 Å². The lowest BCUT2D eigenvalue weighted by Gasteiger charge is -2.27. The molecule has 15 heavy (non-hydrogen) atoms. The summed E-state index contributed by atoms with van der Waals surface area (Å²) in [6.07, 6.45) is 0.926. The predicted octanol–water partition coefficient (Wildman–Crippen LogP) is 1.62. The van der Waals surface area contributed by atoms with Crippen molar-refractivity contribution < 1.29 is 4.39 Å². The lowest BCUT2D eigenvalue weighted by Crippen LogP contribution is -2.36. The van der Waals surface area contributed by atoms with Gasteiger partial charge in [-0.15, -0.1) is 0 Å². The number of halogens is 1. The number of benzene rings is 1. The van der Waals surface area contributed by atoms with Crippen LogP contribution in [0.3, 0.4) is 0 Å². The molecule has 1 atom stereocenters. The van der Waals surface area contributed by atoms with E-state index in [4.69, 9.17) is 0 Å². The van der Waals surface area contributed by atoms with Crippen molar-refractivity contribution in [2.24, 2.45) is 0 Å². The molecule has 0 aromatic heterocycles. The van der Waals surface area contributed by atoms with Gasteiger partial charge in [0.2, 0.25) is 0 Å². The first-order valence-corrected chi connectivity index (χ1v) is 5.53. The maximum atomic E-state index is 13.0. The van der Waals surface area contributed by atoms with Gasteiger partial charge in [-0.05, 0) is 42.8 Å². The summed E-state index contributed by atoms with van der Waals surface area (Å²) in [5, 5.41) is 6.76. The lowest BCUT2D eigenvalue weighted by molar-refractivity contribution is 0.472. The summed E-state index contributed by atoms with van der Waals surface area (Å²) in [6.45, 7) is 4.91. The average Bonchev–Trinajstić information content (AvgIpc) is 2.25. The minimum absolute atomic E-state index is 0.127. The fourth-order valence-corrected chi connectivity index (χ4v) is 2.09. The summed E-state index contributed by atoms with van der Waals surface area (Å²) in [6, 6.07) is 5.44. The molecule has 2 N–H and O–H groups in total. The Bertz CT molecular complexity index is 338. The lowest BCUT2D eigenvalue weighted by atomic mass is 9.94. The minimum atomic E-state index is -0.127. The Morgan fingerprint density at radius 1 is 1.53 bits per heavy atom. The molecule has 1 aliphatic heterocycles. The van der Waals surface area contributed by atoms with E-state index in [1.54, 1.807) is 12.1 Å². The molecule has 1 unspecified atom stereocenters. The zero-order valence-corrected chi connectivity index (χ0v) is 9.02. The largest absolute Gasteiger partial charge is 0.315 e. The molecule has 0 bridgehead atoms. The van der Waals surface area contributed by atoms with E-state index < -0.39 is 0 Å². The first kappa shape index (κ1) is 10.6. The molecule has 1 heterocycles.